The number of aryl methyl sites for hydroxylation is 1. The summed E-state index contributed by atoms with van der Waals surface area (Å²) in [7, 11) is 1.61. The lowest BCUT2D eigenvalue weighted by molar-refractivity contribution is 0.102. The van der Waals surface area contributed by atoms with Crippen LogP contribution in [0.4, 0.5) is 5.13 Å². The van der Waals surface area contributed by atoms with E-state index < -0.39 is 0 Å². The third-order valence-electron chi connectivity index (χ3n) is 4.60. The third kappa shape index (κ3) is 3.66. The van der Waals surface area contributed by atoms with Crippen molar-refractivity contribution >= 4 is 38.7 Å². The lowest BCUT2D eigenvalue weighted by Crippen LogP contribution is -2.14. The minimum Gasteiger partial charge on any atom is -0.496 e. The van der Waals surface area contributed by atoms with Crippen molar-refractivity contribution in [3.8, 4) is 27.6 Å². The molecule has 0 fully saturated rings. The summed E-state index contributed by atoms with van der Waals surface area (Å²) >= 11 is 2.80. The fourth-order valence-electron chi connectivity index (χ4n) is 3.20. The summed E-state index contributed by atoms with van der Waals surface area (Å²) in [6.45, 7) is 1.89. The summed E-state index contributed by atoms with van der Waals surface area (Å²) in [5, 5.41) is 10.5. The first-order valence-corrected chi connectivity index (χ1v) is 11.0. The molecule has 0 spiro atoms. The first-order valence-electron chi connectivity index (χ1n) is 9.30. The van der Waals surface area contributed by atoms with Crippen LogP contribution in [0.15, 0.2) is 54.3 Å². The third-order valence-corrected chi connectivity index (χ3v) is 6.23. The SMILES string of the molecule is COc1ccccc1-c1cc(C)ncc1C(=O)Nc1nn2cc(-c3nccs3)nc2s1. The lowest BCUT2D eigenvalue weighted by Gasteiger charge is -2.13. The molecule has 154 valence electrons. The number of thiazole rings is 1. The Morgan fingerprint density at radius 2 is 2.06 bits per heavy atom. The molecule has 31 heavy (non-hydrogen) atoms. The summed E-state index contributed by atoms with van der Waals surface area (Å²) in [5.41, 5.74) is 3.57. The Morgan fingerprint density at radius 3 is 2.84 bits per heavy atom. The number of fused-ring (bicyclic) bond motifs is 1. The molecule has 0 saturated heterocycles. The molecule has 0 radical (unpaired) electrons. The second kappa shape index (κ2) is 7.89. The van der Waals surface area contributed by atoms with Crippen LogP contribution in [-0.2, 0) is 0 Å². The Labute approximate surface area is 185 Å². The molecule has 4 aromatic heterocycles. The van der Waals surface area contributed by atoms with E-state index in [4.69, 9.17) is 4.74 Å². The van der Waals surface area contributed by atoms with Gasteiger partial charge in [-0.1, -0.05) is 29.5 Å². The number of hydrogen-bond donors (Lipinski definition) is 1. The molecule has 0 aliphatic carbocycles. The van der Waals surface area contributed by atoms with Gasteiger partial charge in [0.05, 0.1) is 18.9 Å². The zero-order chi connectivity index (χ0) is 21.4. The van der Waals surface area contributed by atoms with Gasteiger partial charge in [0.15, 0.2) is 0 Å². The fraction of sp³-hybridized carbons (Fsp3) is 0.0952. The summed E-state index contributed by atoms with van der Waals surface area (Å²) < 4.78 is 7.13. The Bertz CT molecular complexity index is 1360. The van der Waals surface area contributed by atoms with Crippen molar-refractivity contribution in [3.63, 3.8) is 0 Å². The number of benzene rings is 1. The summed E-state index contributed by atoms with van der Waals surface area (Å²) in [6.07, 6.45) is 5.11. The maximum Gasteiger partial charge on any atom is 0.259 e. The van der Waals surface area contributed by atoms with Crippen LogP contribution in [0.1, 0.15) is 16.1 Å². The summed E-state index contributed by atoms with van der Waals surface area (Å²) in [6, 6.07) is 9.46. The van der Waals surface area contributed by atoms with Gasteiger partial charge < -0.3 is 4.74 Å². The zero-order valence-corrected chi connectivity index (χ0v) is 18.2. The average molecular weight is 449 g/mol. The van der Waals surface area contributed by atoms with Crippen LogP contribution >= 0.6 is 22.7 Å². The molecule has 0 saturated carbocycles. The molecular formula is C21H16N6O2S2. The van der Waals surface area contributed by atoms with Crippen LogP contribution in [0.3, 0.4) is 0 Å². The van der Waals surface area contributed by atoms with E-state index in [-0.39, 0.29) is 5.91 Å². The Hall–Kier alpha value is -3.63. The molecule has 5 aromatic rings. The number of nitrogens with zero attached hydrogens (tertiary/aromatic N) is 5. The first-order chi connectivity index (χ1) is 15.1. The monoisotopic (exact) mass is 448 g/mol. The van der Waals surface area contributed by atoms with E-state index in [1.807, 2.05) is 42.6 Å². The molecule has 0 bridgehead atoms. The summed E-state index contributed by atoms with van der Waals surface area (Å²) in [5.74, 6) is 0.384. The van der Waals surface area contributed by atoms with Gasteiger partial charge in [0.1, 0.15) is 16.5 Å². The van der Waals surface area contributed by atoms with Gasteiger partial charge in [-0.15, -0.1) is 16.4 Å². The van der Waals surface area contributed by atoms with Crippen LogP contribution in [0.2, 0.25) is 0 Å². The average Bonchev–Trinajstić information content (AvgIpc) is 3.50. The van der Waals surface area contributed by atoms with E-state index in [0.717, 1.165) is 27.5 Å². The van der Waals surface area contributed by atoms with Gasteiger partial charge in [0, 0.05) is 34.6 Å². The number of para-hydroxylation sites is 1. The van der Waals surface area contributed by atoms with Crippen LogP contribution in [0.25, 0.3) is 26.8 Å². The molecule has 0 unspecified atom stereocenters. The van der Waals surface area contributed by atoms with E-state index in [9.17, 15) is 4.79 Å². The van der Waals surface area contributed by atoms with Crippen molar-refractivity contribution in [1.29, 1.82) is 0 Å². The van der Waals surface area contributed by atoms with E-state index in [0.29, 0.717) is 21.4 Å². The maximum atomic E-state index is 13.1. The van der Waals surface area contributed by atoms with Crippen LogP contribution in [0.5, 0.6) is 5.75 Å². The minimum atomic E-state index is -0.300. The van der Waals surface area contributed by atoms with Gasteiger partial charge in [-0.3, -0.25) is 15.1 Å². The predicted octanol–water partition coefficient (Wildman–Crippen LogP) is 4.55. The molecule has 0 aliphatic heterocycles. The van der Waals surface area contributed by atoms with Crippen molar-refractivity contribution in [3.05, 3.63) is 65.6 Å². The van der Waals surface area contributed by atoms with Crippen LogP contribution in [0, 0.1) is 6.92 Å². The number of nitrogens with one attached hydrogen (secondary N) is 1. The quantitative estimate of drug-likeness (QED) is 0.424. The number of ether oxygens (including phenoxy) is 1. The lowest BCUT2D eigenvalue weighted by atomic mass is 9.99. The molecule has 0 aliphatic rings. The largest absolute Gasteiger partial charge is 0.496 e. The number of amides is 1. The van der Waals surface area contributed by atoms with E-state index in [1.165, 1.54) is 22.7 Å². The number of pyridine rings is 1. The molecule has 0 atom stereocenters. The van der Waals surface area contributed by atoms with Gasteiger partial charge in [-0.05, 0) is 19.1 Å². The number of methoxy groups -OCH3 is 1. The Balaban J connectivity index is 1.46. The van der Waals surface area contributed by atoms with Crippen molar-refractivity contribution < 1.29 is 9.53 Å². The molecule has 4 heterocycles. The van der Waals surface area contributed by atoms with Gasteiger partial charge in [-0.25, -0.2) is 14.5 Å². The number of anilines is 1. The molecular weight excluding hydrogens is 432 g/mol. The van der Waals surface area contributed by atoms with Gasteiger partial charge in [0.2, 0.25) is 10.1 Å². The number of imidazole rings is 1. The highest BCUT2D eigenvalue weighted by Gasteiger charge is 2.19. The Morgan fingerprint density at radius 1 is 1.19 bits per heavy atom. The highest BCUT2D eigenvalue weighted by molar-refractivity contribution is 7.20. The summed E-state index contributed by atoms with van der Waals surface area (Å²) in [4.78, 5) is 26.9. The number of hydrogen-bond acceptors (Lipinski definition) is 8. The molecule has 10 heteroatoms. The second-order valence-electron chi connectivity index (χ2n) is 6.62. The van der Waals surface area contributed by atoms with E-state index in [1.54, 1.807) is 30.2 Å². The molecule has 8 nitrogen and oxygen atoms in total. The highest BCUT2D eigenvalue weighted by atomic mass is 32.1. The molecule has 1 amide bonds. The number of carbonyl (C=O) groups is 1. The van der Waals surface area contributed by atoms with Gasteiger partial charge in [-0.2, -0.15) is 0 Å². The van der Waals surface area contributed by atoms with Crippen molar-refractivity contribution in [2.75, 3.05) is 12.4 Å². The molecule has 5 rings (SSSR count). The van der Waals surface area contributed by atoms with E-state index >= 15 is 0 Å². The van der Waals surface area contributed by atoms with Crippen LogP contribution < -0.4 is 10.1 Å². The minimum absolute atomic E-state index is 0.300. The fourth-order valence-corrected chi connectivity index (χ4v) is 4.57. The zero-order valence-electron chi connectivity index (χ0n) is 16.6. The number of aromatic nitrogens is 5. The maximum absolute atomic E-state index is 13.1. The van der Waals surface area contributed by atoms with E-state index in [2.05, 4.69) is 25.4 Å². The van der Waals surface area contributed by atoms with Crippen LogP contribution in [-0.4, -0.2) is 37.6 Å². The number of carbonyl (C=O) groups excluding carboxylic acids is 1. The van der Waals surface area contributed by atoms with Gasteiger partial charge >= 0.3 is 0 Å². The molecule has 1 aromatic carbocycles. The van der Waals surface area contributed by atoms with Crippen molar-refractivity contribution in [2.24, 2.45) is 0 Å². The second-order valence-corrected chi connectivity index (χ2v) is 8.47. The normalized spacial score (nSPS) is 11.0. The highest BCUT2D eigenvalue weighted by Crippen LogP contribution is 2.33. The van der Waals surface area contributed by atoms with Crippen molar-refractivity contribution in [2.45, 2.75) is 6.92 Å². The predicted molar refractivity (Wildman–Crippen MR) is 121 cm³/mol. The smallest absolute Gasteiger partial charge is 0.259 e. The van der Waals surface area contributed by atoms with Crippen molar-refractivity contribution in [1.82, 2.24) is 24.6 Å². The Kier molecular flexibility index (Phi) is 4.92. The molecule has 1 N–H and O–H groups in total. The standard InChI is InChI=1S/C21H16N6O2S2/c1-12-9-14(13-5-3-4-6-17(13)29-2)15(10-23-12)18(28)25-20-26-27-11-16(24-21(27)31-20)19-22-7-8-30-19/h3-11H,1-2H3,(H,25,26,28). The van der Waals surface area contributed by atoms with Gasteiger partial charge in [0.25, 0.3) is 5.91 Å². The first kappa shape index (κ1) is 19.3. The topological polar surface area (TPSA) is 94.3 Å². The number of rotatable bonds is 5.